The monoisotopic (exact) mass is 420 g/mol. The Morgan fingerprint density at radius 1 is 1.00 bits per heavy atom. The molecule has 2 aromatic rings. The first-order valence-electron chi connectivity index (χ1n) is 12.3. The number of nitriles is 1. The Morgan fingerprint density at radius 2 is 1.77 bits per heavy atom. The number of hydrogen-bond donors (Lipinski definition) is 2. The second-order valence-corrected chi connectivity index (χ2v) is 9.53. The molecule has 0 spiro atoms. The van der Waals surface area contributed by atoms with Crippen molar-refractivity contribution < 1.29 is 4.79 Å². The summed E-state index contributed by atoms with van der Waals surface area (Å²) in [6.07, 6.45) is 19.1. The van der Waals surface area contributed by atoms with Gasteiger partial charge in [-0.15, -0.1) is 0 Å². The van der Waals surface area contributed by atoms with Gasteiger partial charge in [0.05, 0.1) is 11.1 Å². The first-order valence-corrected chi connectivity index (χ1v) is 12.3. The van der Waals surface area contributed by atoms with Gasteiger partial charge in [0.15, 0.2) is 0 Å². The van der Waals surface area contributed by atoms with E-state index in [1.165, 1.54) is 64.2 Å². The lowest BCUT2D eigenvalue weighted by Crippen LogP contribution is -2.53. The van der Waals surface area contributed by atoms with Crippen molar-refractivity contribution in [2.24, 2.45) is 5.92 Å². The van der Waals surface area contributed by atoms with Gasteiger partial charge >= 0.3 is 0 Å². The maximum atomic E-state index is 13.1. The summed E-state index contributed by atoms with van der Waals surface area (Å²) in [5.41, 5.74) is 2.20. The molecule has 0 unspecified atom stereocenters. The van der Waals surface area contributed by atoms with Gasteiger partial charge in [-0.3, -0.25) is 4.79 Å². The van der Waals surface area contributed by atoms with Gasteiger partial charge in [-0.1, -0.05) is 51.4 Å². The number of carbonyl (C=O) groups excluding carboxylic acids is 1. The molecule has 2 aliphatic heterocycles. The van der Waals surface area contributed by atoms with E-state index in [4.69, 9.17) is 5.26 Å². The molecular weight excluding hydrogens is 384 g/mol. The second kappa shape index (κ2) is 10.8. The van der Waals surface area contributed by atoms with Crippen LogP contribution in [0.3, 0.4) is 0 Å². The standard InChI is InChI=1S/C26H36N4O/c27-17-21-15-23-12-11-22(19-30(23)18-21)26(31)29-25-16-20-9-7-5-3-1-2-4-6-8-14-28-24(25)13-10-20/h11-12,15,18-20,24-25,28H,1-10,13-14,16H2,(H,29,31)/t20-,24+,25-/m1/s1. The molecule has 5 rings (SSSR count). The zero-order valence-electron chi connectivity index (χ0n) is 18.6. The average Bonchev–Trinajstić information content (AvgIpc) is 3.20. The van der Waals surface area contributed by atoms with Crippen LogP contribution >= 0.6 is 0 Å². The van der Waals surface area contributed by atoms with Crippen molar-refractivity contribution in [1.29, 1.82) is 5.26 Å². The number of aromatic nitrogens is 1. The van der Waals surface area contributed by atoms with Gasteiger partial charge in [0.25, 0.3) is 5.91 Å². The summed E-state index contributed by atoms with van der Waals surface area (Å²) in [5.74, 6) is 0.711. The minimum atomic E-state index is -0.00975. The normalized spacial score (nSPS) is 26.0. The molecule has 2 saturated heterocycles. The molecule has 3 fully saturated rings. The van der Waals surface area contributed by atoms with Crippen LogP contribution in [0.4, 0.5) is 0 Å². The minimum absolute atomic E-state index is 0.00975. The third-order valence-corrected chi connectivity index (χ3v) is 7.20. The Labute approximate surface area is 186 Å². The highest BCUT2D eigenvalue weighted by Crippen LogP contribution is 2.30. The van der Waals surface area contributed by atoms with Crippen LogP contribution in [0.25, 0.3) is 5.52 Å². The highest BCUT2D eigenvalue weighted by molar-refractivity contribution is 5.94. The van der Waals surface area contributed by atoms with E-state index in [1.54, 1.807) is 6.20 Å². The zero-order chi connectivity index (χ0) is 21.5. The average molecular weight is 421 g/mol. The van der Waals surface area contributed by atoms with E-state index in [0.717, 1.165) is 30.8 Å². The minimum Gasteiger partial charge on any atom is -0.348 e. The Balaban J connectivity index is 1.44. The van der Waals surface area contributed by atoms with Gasteiger partial charge in [0.1, 0.15) is 6.07 Å². The van der Waals surface area contributed by atoms with E-state index in [0.29, 0.717) is 17.2 Å². The van der Waals surface area contributed by atoms with Crippen LogP contribution in [0.2, 0.25) is 0 Å². The SMILES string of the molecule is N#Cc1cc2ccc(C(=O)N[C@@H]3C[C@@H]4CCCCCCCCCCN[C@H]3CC4)cn2c1. The Hall–Kier alpha value is -2.32. The molecular formula is C26H36N4O. The predicted octanol–water partition coefficient (Wildman–Crippen LogP) is 5.19. The maximum Gasteiger partial charge on any atom is 0.253 e. The van der Waals surface area contributed by atoms with Crippen molar-refractivity contribution in [2.75, 3.05) is 6.54 Å². The number of pyridine rings is 1. The first kappa shape index (κ1) is 21.9. The van der Waals surface area contributed by atoms with Gasteiger partial charge in [-0.2, -0.15) is 5.26 Å². The third kappa shape index (κ3) is 5.89. The van der Waals surface area contributed by atoms with E-state index in [9.17, 15) is 4.79 Å². The molecule has 2 aromatic heterocycles. The van der Waals surface area contributed by atoms with Gasteiger partial charge in [0.2, 0.25) is 0 Å². The van der Waals surface area contributed by atoms with Crippen molar-refractivity contribution >= 4 is 11.4 Å². The Bertz CT molecular complexity index is 908. The van der Waals surface area contributed by atoms with Crippen molar-refractivity contribution in [2.45, 2.75) is 89.1 Å². The molecule has 4 heterocycles. The number of hydrogen-bond acceptors (Lipinski definition) is 3. The van der Waals surface area contributed by atoms with Crippen molar-refractivity contribution in [3.8, 4) is 6.07 Å². The van der Waals surface area contributed by atoms with Crippen LogP contribution in [0, 0.1) is 17.2 Å². The third-order valence-electron chi connectivity index (χ3n) is 7.20. The molecule has 5 nitrogen and oxygen atoms in total. The van der Waals surface area contributed by atoms with Crippen LogP contribution < -0.4 is 10.6 Å². The smallest absolute Gasteiger partial charge is 0.253 e. The molecule has 1 saturated carbocycles. The number of nitrogens with one attached hydrogen (secondary N) is 2. The molecule has 3 atom stereocenters. The Morgan fingerprint density at radius 3 is 2.58 bits per heavy atom. The van der Waals surface area contributed by atoms with Crippen LogP contribution in [0.15, 0.2) is 30.6 Å². The molecule has 1 amide bonds. The highest BCUT2D eigenvalue weighted by Gasteiger charge is 2.31. The number of fused-ring (bicyclic) bond motifs is 13. The van der Waals surface area contributed by atoms with Gasteiger partial charge < -0.3 is 15.0 Å². The van der Waals surface area contributed by atoms with Crippen LogP contribution in [0.5, 0.6) is 0 Å². The summed E-state index contributed by atoms with van der Waals surface area (Å²) >= 11 is 0. The van der Waals surface area contributed by atoms with E-state index in [2.05, 4.69) is 16.7 Å². The van der Waals surface area contributed by atoms with Crippen molar-refractivity contribution in [1.82, 2.24) is 15.0 Å². The fourth-order valence-corrected chi connectivity index (χ4v) is 5.39. The molecule has 2 N–H and O–H groups in total. The van der Waals surface area contributed by atoms with Crippen molar-refractivity contribution in [3.63, 3.8) is 0 Å². The fraction of sp³-hybridized carbons (Fsp3) is 0.615. The summed E-state index contributed by atoms with van der Waals surface area (Å²) in [4.78, 5) is 13.1. The topological polar surface area (TPSA) is 69.3 Å². The van der Waals surface area contributed by atoms with Crippen LogP contribution in [-0.2, 0) is 0 Å². The lowest BCUT2D eigenvalue weighted by atomic mass is 9.79. The molecule has 0 aromatic carbocycles. The molecule has 31 heavy (non-hydrogen) atoms. The summed E-state index contributed by atoms with van der Waals surface area (Å²) < 4.78 is 1.87. The lowest BCUT2D eigenvalue weighted by molar-refractivity contribution is 0.0899. The van der Waals surface area contributed by atoms with Crippen LogP contribution in [-0.4, -0.2) is 28.9 Å². The van der Waals surface area contributed by atoms with Crippen LogP contribution in [0.1, 0.15) is 93.0 Å². The lowest BCUT2D eigenvalue weighted by Gasteiger charge is -2.37. The quantitative estimate of drug-likeness (QED) is 0.702. The summed E-state index contributed by atoms with van der Waals surface area (Å²) in [5, 5.41) is 16.3. The summed E-state index contributed by atoms with van der Waals surface area (Å²) in [7, 11) is 0. The predicted molar refractivity (Wildman–Crippen MR) is 124 cm³/mol. The van der Waals surface area contributed by atoms with Gasteiger partial charge in [-0.05, 0) is 56.3 Å². The fourth-order valence-electron chi connectivity index (χ4n) is 5.39. The van der Waals surface area contributed by atoms with Gasteiger partial charge in [-0.25, -0.2) is 0 Å². The van der Waals surface area contributed by atoms with Crippen molar-refractivity contribution in [3.05, 3.63) is 41.7 Å². The Kier molecular flexibility index (Phi) is 7.64. The largest absolute Gasteiger partial charge is 0.348 e. The highest BCUT2D eigenvalue weighted by atomic mass is 16.1. The number of carbonyl (C=O) groups is 1. The molecule has 3 aliphatic rings. The molecule has 5 heteroatoms. The number of nitrogens with zero attached hydrogens (tertiary/aromatic N) is 2. The summed E-state index contributed by atoms with van der Waals surface area (Å²) in [6.45, 7) is 1.05. The molecule has 1 aliphatic carbocycles. The molecule has 0 radical (unpaired) electrons. The van der Waals surface area contributed by atoms with Gasteiger partial charge in [0, 0.05) is 30.0 Å². The summed E-state index contributed by atoms with van der Waals surface area (Å²) in [6, 6.07) is 8.33. The molecule has 166 valence electrons. The van der Waals surface area contributed by atoms with E-state index < -0.39 is 0 Å². The first-order chi connectivity index (χ1) is 15.2. The van der Waals surface area contributed by atoms with E-state index in [-0.39, 0.29) is 11.9 Å². The zero-order valence-corrected chi connectivity index (χ0v) is 18.6. The second-order valence-electron chi connectivity index (χ2n) is 9.53. The number of amides is 1. The maximum absolute atomic E-state index is 13.1. The van der Waals surface area contributed by atoms with E-state index >= 15 is 0 Å². The number of rotatable bonds is 2. The molecule has 2 bridgehead atoms. The van der Waals surface area contributed by atoms with E-state index in [1.807, 2.05) is 28.8 Å².